The Balaban J connectivity index is 1.72. The summed E-state index contributed by atoms with van der Waals surface area (Å²) in [6.07, 6.45) is 0. The molecule has 21 heavy (non-hydrogen) atoms. The van der Waals surface area contributed by atoms with E-state index in [1.807, 2.05) is 30.3 Å². The molecule has 1 heterocycles. The van der Waals surface area contributed by atoms with Gasteiger partial charge in [-0.15, -0.1) is 11.8 Å². The summed E-state index contributed by atoms with van der Waals surface area (Å²) in [5.41, 5.74) is 6.05. The lowest BCUT2D eigenvalue weighted by atomic mass is 10.2. The zero-order valence-electron chi connectivity index (χ0n) is 11.0. The number of benzene rings is 2. The molecule has 2 N–H and O–H groups in total. The van der Waals surface area contributed by atoms with Crippen LogP contribution in [0.5, 0.6) is 0 Å². The van der Waals surface area contributed by atoms with Crippen LogP contribution in [-0.2, 0) is 5.75 Å². The van der Waals surface area contributed by atoms with Crippen molar-refractivity contribution in [1.29, 1.82) is 0 Å². The number of thioether (sulfide) groups is 1. The molecule has 0 amide bonds. The van der Waals surface area contributed by atoms with E-state index in [0.717, 1.165) is 4.90 Å². The van der Waals surface area contributed by atoms with Crippen LogP contribution in [0, 0.1) is 5.82 Å². The van der Waals surface area contributed by atoms with Crippen LogP contribution in [-0.4, -0.2) is 10.1 Å². The maximum atomic E-state index is 13.4. The van der Waals surface area contributed by atoms with E-state index in [0.29, 0.717) is 17.1 Å². The van der Waals surface area contributed by atoms with Crippen molar-refractivity contribution in [3.63, 3.8) is 0 Å². The average molecular weight is 301 g/mol. The van der Waals surface area contributed by atoms with Gasteiger partial charge >= 0.3 is 0 Å². The van der Waals surface area contributed by atoms with Gasteiger partial charge in [0.1, 0.15) is 5.82 Å². The first-order valence-electron chi connectivity index (χ1n) is 6.28. The van der Waals surface area contributed by atoms with Gasteiger partial charge in [-0.25, -0.2) is 4.39 Å². The monoisotopic (exact) mass is 301 g/mol. The van der Waals surface area contributed by atoms with Crippen molar-refractivity contribution in [2.24, 2.45) is 0 Å². The van der Waals surface area contributed by atoms with E-state index in [1.54, 1.807) is 17.8 Å². The number of nitrogens with two attached hydrogens (primary N) is 1. The molecule has 1 aromatic heterocycles. The summed E-state index contributed by atoms with van der Waals surface area (Å²) in [5, 5.41) is 3.90. The smallest absolute Gasteiger partial charge is 0.258 e. The van der Waals surface area contributed by atoms with Gasteiger partial charge in [0.25, 0.3) is 5.89 Å². The first-order chi connectivity index (χ1) is 10.2. The molecule has 0 aliphatic rings. The Morgan fingerprint density at radius 1 is 1.14 bits per heavy atom. The summed E-state index contributed by atoms with van der Waals surface area (Å²) in [5.74, 6) is 0.949. The zero-order chi connectivity index (χ0) is 14.7. The van der Waals surface area contributed by atoms with E-state index in [9.17, 15) is 4.39 Å². The largest absolute Gasteiger partial charge is 0.396 e. The van der Waals surface area contributed by atoms with Crippen LogP contribution >= 0.6 is 11.8 Å². The van der Waals surface area contributed by atoms with Crippen molar-refractivity contribution in [1.82, 2.24) is 10.1 Å². The Labute approximate surface area is 125 Å². The van der Waals surface area contributed by atoms with Crippen LogP contribution in [0.1, 0.15) is 5.82 Å². The highest BCUT2D eigenvalue weighted by Crippen LogP contribution is 2.24. The van der Waals surface area contributed by atoms with Crippen molar-refractivity contribution in [2.45, 2.75) is 10.6 Å². The highest BCUT2D eigenvalue weighted by Gasteiger charge is 2.11. The lowest BCUT2D eigenvalue weighted by Gasteiger charge is -1.98. The first-order valence-corrected chi connectivity index (χ1v) is 7.27. The van der Waals surface area contributed by atoms with Gasteiger partial charge in [-0.1, -0.05) is 23.4 Å². The fourth-order valence-electron chi connectivity index (χ4n) is 1.75. The zero-order valence-corrected chi connectivity index (χ0v) is 11.8. The lowest BCUT2D eigenvalue weighted by Crippen LogP contribution is -1.90. The van der Waals surface area contributed by atoms with Crippen LogP contribution in [0.25, 0.3) is 11.5 Å². The quantitative estimate of drug-likeness (QED) is 0.587. The van der Waals surface area contributed by atoms with Gasteiger partial charge < -0.3 is 10.3 Å². The summed E-state index contributed by atoms with van der Waals surface area (Å²) in [7, 11) is 0. The average Bonchev–Trinajstić information content (AvgIpc) is 2.98. The van der Waals surface area contributed by atoms with Gasteiger partial charge in [-0.05, 0) is 30.3 Å². The van der Waals surface area contributed by atoms with Gasteiger partial charge in [-0.3, -0.25) is 0 Å². The van der Waals surface area contributed by atoms with Crippen LogP contribution in [0.15, 0.2) is 57.9 Å². The van der Waals surface area contributed by atoms with Crippen molar-refractivity contribution in [2.75, 3.05) is 5.73 Å². The molecular weight excluding hydrogens is 289 g/mol. The Hall–Kier alpha value is -2.34. The molecule has 0 saturated heterocycles. The third-order valence-electron chi connectivity index (χ3n) is 2.83. The molecule has 0 aliphatic heterocycles. The van der Waals surface area contributed by atoms with Gasteiger partial charge in [0.05, 0.1) is 11.4 Å². The minimum atomic E-state index is -0.495. The number of aromatic nitrogens is 2. The van der Waals surface area contributed by atoms with E-state index in [4.69, 9.17) is 10.3 Å². The van der Waals surface area contributed by atoms with Crippen LogP contribution < -0.4 is 5.73 Å². The minimum Gasteiger partial charge on any atom is -0.396 e. The van der Waals surface area contributed by atoms with Gasteiger partial charge in [0.2, 0.25) is 0 Å². The molecule has 0 atom stereocenters. The van der Waals surface area contributed by atoms with E-state index in [1.165, 1.54) is 12.1 Å². The SMILES string of the molecule is Nc1ccc(-c2nc(CSc3ccccc3)no2)cc1F. The summed E-state index contributed by atoms with van der Waals surface area (Å²) in [6.45, 7) is 0. The molecule has 3 rings (SSSR count). The fraction of sp³-hybridized carbons (Fsp3) is 0.0667. The molecule has 0 saturated carbocycles. The number of rotatable bonds is 4. The van der Waals surface area contributed by atoms with Crippen molar-refractivity contribution < 1.29 is 8.91 Å². The number of hydrogen-bond donors (Lipinski definition) is 1. The molecule has 2 aromatic carbocycles. The second-order valence-corrected chi connectivity index (χ2v) is 5.40. The standard InChI is InChI=1S/C15H12FN3OS/c16-12-8-10(6-7-13(12)17)15-18-14(19-20-15)9-21-11-4-2-1-3-5-11/h1-8H,9,17H2. The molecule has 106 valence electrons. The number of hydrogen-bond acceptors (Lipinski definition) is 5. The third-order valence-corrected chi connectivity index (χ3v) is 3.83. The highest BCUT2D eigenvalue weighted by atomic mass is 32.2. The second kappa shape index (κ2) is 5.97. The number of nitrogen functional groups attached to an aromatic ring is 1. The minimum absolute atomic E-state index is 0.0955. The Kier molecular flexibility index (Phi) is 3.87. The molecule has 0 bridgehead atoms. The van der Waals surface area contributed by atoms with Gasteiger partial charge in [0, 0.05) is 10.5 Å². The molecule has 0 radical (unpaired) electrons. The fourth-order valence-corrected chi connectivity index (χ4v) is 2.52. The Bertz CT molecular complexity index is 746. The van der Waals surface area contributed by atoms with Crippen molar-refractivity contribution in [3.8, 4) is 11.5 Å². The number of anilines is 1. The molecule has 3 aromatic rings. The van der Waals surface area contributed by atoms with E-state index in [-0.39, 0.29) is 11.6 Å². The first kappa shape index (κ1) is 13.6. The van der Waals surface area contributed by atoms with Crippen LogP contribution in [0.2, 0.25) is 0 Å². The predicted molar refractivity (Wildman–Crippen MR) is 80.1 cm³/mol. The molecular formula is C15H12FN3OS. The Morgan fingerprint density at radius 2 is 1.95 bits per heavy atom. The number of nitrogens with zero attached hydrogens (tertiary/aromatic N) is 2. The maximum Gasteiger partial charge on any atom is 0.258 e. The van der Waals surface area contributed by atoms with Crippen molar-refractivity contribution in [3.05, 3.63) is 60.2 Å². The predicted octanol–water partition coefficient (Wildman–Crippen LogP) is 3.75. The molecule has 0 fully saturated rings. The molecule has 6 heteroatoms. The molecule has 4 nitrogen and oxygen atoms in total. The second-order valence-electron chi connectivity index (χ2n) is 4.35. The van der Waals surface area contributed by atoms with Gasteiger partial charge in [0.15, 0.2) is 5.82 Å². The normalized spacial score (nSPS) is 10.7. The van der Waals surface area contributed by atoms with E-state index >= 15 is 0 Å². The third kappa shape index (κ3) is 3.22. The maximum absolute atomic E-state index is 13.4. The summed E-state index contributed by atoms with van der Waals surface area (Å²) in [4.78, 5) is 5.39. The van der Waals surface area contributed by atoms with E-state index in [2.05, 4.69) is 10.1 Å². The molecule has 0 unspecified atom stereocenters. The summed E-state index contributed by atoms with van der Waals surface area (Å²) >= 11 is 1.61. The van der Waals surface area contributed by atoms with E-state index < -0.39 is 5.82 Å². The molecule has 0 spiro atoms. The number of halogens is 1. The Morgan fingerprint density at radius 3 is 2.71 bits per heavy atom. The summed E-state index contributed by atoms with van der Waals surface area (Å²) in [6, 6.07) is 14.4. The molecule has 0 aliphatic carbocycles. The van der Waals surface area contributed by atoms with Gasteiger partial charge in [-0.2, -0.15) is 4.98 Å². The van der Waals surface area contributed by atoms with Crippen LogP contribution in [0.3, 0.4) is 0 Å². The van der Waals surface area contributed by atoms with Crippen LogP contribution in [0.4, 0.5) is 10.1 Å². The lowest BCUT2D eigenvalue weighted by molar-refractivity contribution is 0.425. The topological polar surface area (TPSA) is 64.9 Å². The van der Waals surface area contributed by atoms with Crippen molar-refractivity contribution >= 4 is 17.4 Å². The highest BCUT2D eigenvalue weighted by molar-refractivity contribution is 7.98. The summed E-state index contributed by atoms with van der Waals surface area (Å²) < 4.78 is 18.6.